The average molecular weight is 466 g/mol. The third-order valence-corrected chi connectivity index (χ3v) is 4.51. The summed E-state index contributed by atoms with van der Waals surface area (Å²) in [5.41, 5.74) is 4.21. The molecular formula is C18H16FIN4O2. The number of hydroxylamine groups is 1. The smallest absolute Gasteiger partial charge is 0.276 e. The molecule has 2 aromatic carbocycles. The maximum atomic E-state index is 14.7. The maximum absolute atomic E-state index is 14.7. The van der Waals surface area contributed by atoms with E-state index in [1.807, 2.05) is 30.3 Å². The van der Waals surface area contributed by atoms with Crippen molar-refractivity contribution >= 4 is 39.9 Å². The third kappa shape index (κ3) is 3.70. The molecule has 26 heavy (non-hydrogen) atoms. The van der Waals surface area contributed by atoms with E-state index >= 15 is 0 Å². The molecule has 1 heterocycles. The van der Waals surface area contributed by atoms with Crippen molar-refractivity contribution in [2.45, 2.75) is 13.8 Å². The summed E-state index contributed by atoms with van der Waals surface area (Å²) in [7, 11) is 0. The molecule has 8 heteroatoms. The molecule has 3 rings (SSSR count). The lowest BCUT2D eigenvalue weighted by Gasteiger charge is -2.14. The van der Waals surface area contributed by atoms with Crippen LogP contribution in [0.25, 0.3) is 5.69 Å². The van der Waals surface area contributed by atoms with Gasteiger partial charge in [-0.1, -0.05) is 0 Å². The van der Waals surface area contributed by atoms with E-state index in [9.17, 15) is 9.18 Å². The van der Waals surface area contributed by atoms with Crippen molar-refractivity contribution in [3.63, 3.8) is 0 Å². The van der Waals surface area contributed by atoms with Crippen molar-refractivity contribution < 1.29 is 14.4 Å². The van der Waals surface area contributed by atoms with Gasteiger partial charge in [0, 0.05) is 21.0 Å². The number of nitrogens with zero attached hydrogens (tertiary/aromatic N) is 2. The normalized spacial score (nSPS) is 10.7. The van der Waals surface area contributed by atoms with Gasteiger partial charge in [-0.2, -0.15) is 5.10 Å². The van der Waals surface area contributed by atoms with Crippen molar-refractivity contribution in [2.75, 3.05) is 5.32 Å². The van der Waals surface area contributed by atoms with Gasteiger partial charge in [-0.05, 0) is 72.8 Å². The van der Waals surface area contributed by atoms with Gasteiger partial charge in [-0.3, -0.25) is 10.0 Å². The van der Waals surface area contributed by atoms with Crippen LogP contribution in [-0.4, -0.2) is 20.9 Å². The Kier molecular flexibility index (Phi) is 5.23. The van der Waals surface area contributed by atoms with Crippen LogP contribution in [0.2, 0.25) is 0 Å². The molecular weight excluding hydrogens is 450 g/mol. The minimum Gasteiger partial charge on any atom is -0.355 e. The first-order chi connectivity index (χ1) is 12.4. The summed E-state index contributed by atoms with van der Waals surface area (Å²) in [5.74, 6) is -1.29. The number of amides is 1. The van der Waals surface area contributed by atoms with Crippen molar-refractivity contribution in [3.05, 3.63) is 68.8 Å². The Labute approximate surface area is 163 Å². The lowest BCUT2D eigenvalue weighted by Crippen LogP contribution is -2.21. The SMILES string of the molecule is Cc1cc(C)n(-c2cc(C(=O)NO)c(Nc3ccc(I)cc3)cc2F)n1. The molecule has 0 spiro atoms. The van der Waals surface area contributed by atoms with E-state index in [0.717, 1.165) is 15.0 Å². The summed E-state index contributed by atoms with van der Waals surface area (Å²) in [6.07, 6.45) is 0. The number of halogens is 2. The number of carbonyl (C=O) groups is 1. The Bertz CT molecular complexity index is 970. The lowest BCUT2D eigenvalue weighted by atomic mass is 10.1. The second-order valence-electron chi connectivity index (χ2n) is 5.76. The van der Waals surface area contributed by atoms with Crippen molar-refractivity contribution in [1.29, 1.82) is 0 Å². The van der Waals surface area contributed by atoms with Gasteiger partial charge in [0.25, 0.3) is 5.91 Å². The van der Waals surface area contributed by atoms with Crippen LogP contribution in [-0.2, 0) is 0 Å². The van der Waals surface area contributed by atoms with E-state index in [0.29, 0.717) is 5.69 Å². The Hall–Kier alpha value is -2.46. The maximum Gasteiger partial charge on any atom is 0.276 e. The predicted molar refractivity (Wildman–Crippen MR) is 105 cm³/mol. The number of anilines is 2. The molecule has 0 aliphatic rings. The number of nitrogens with one attached hydrogen (secondary N) is 2. The van der Waals surface area contributed by atoms with Crippen LogP contribution in [0.3, 0.4) is 0 Å². The summed E-state index contributed by atoms with van der Waals surface area (Å²) >= 11 is 2.18. The zero-order valence-electron chi connectivity index (χ0n) is 14.0. The topological polar surface area (TPSA) is 79.2 Å². The van der Waals surface area contributed by atoms with Crippen LogP contribution >= 0.6 is 22.6 Å². The number of carbonyl (C=O) groups excluding carboxylic acids is 1. The molecule has 1 aromatic heterocycles. The van der Waals surface area contributed by atoms with Gasteiger partial charge in [0.2, 0.25) is 0 Å². The van der Waals surface area contributed by atoms with Crippen LogP contribution in [0.4, 0.5) is 15.8 Å². The van der Waals surface area contributed by atoms with Crippen LogP contribution in [0.1, 0.15) is 21.7 Å². The van der Waals surface area contributed by atoms with Gasteiger partial charge in [0.1, 0.15) is 5.69 Å². The molecule has 1 amide bonds. The first-order valence-corrected chi connectivity index (χ1v) is 8.81. The quantitative estimate of drug-likeness (QED) is 0.308. The summed E-state index contributed by atoms with van der Waals surface area (Å²) in [4.78, 5) is 12.1. The van der Waals surface area contributed by atoms with Crippen LogP contribution in [0, 0.1) is 23.2 Å². The van der Waals surface area contributed by atoms with E-state index in [1.165, 1.54) is 16.8 Å². The van der Waals surface area contributed by atoms with Gasteiger partial charge >= 0.3 is 0 Å². The second-order valence-corrected chi connectivity index (χ2v) is 7.01. The number of benzene rings is 2. The first kappa shape index (κ1) is 18.3. The zero-order chi connectivity index (χ0) is 18.8. The highest BCUT2D eigenvalue weighted by Crippen LogP contribution is 2.27. The van der Waals surface area contributed by atoms with Crippen molar-refractivity contribution in [1.82, 2.24) is 15.3 Å². The molecule has 0 aliphatic carbocycles. The number of hydrogen-bond acceptors (Lipinski definition) is 4. The summed E-state index contributed by atoms with van der Waals surface area (Å²) in [5, 5.41) is 16.3. The highest BCUT2D eigenvalue weighted by Gasteiger charge is 2.18. The summed E-state index contributed by atoms with van der Waals surface area (Å²) in [6, 6.07) is 11.8. The Balaban J connectivity index is 2.10. The van der Waals surface area contributed by atoms with Crippen molar-refractivity contribution in [2.24, 2.45) is 0 Å². The van der Waals surface area contributed by atoms with Gasteiger partial charge in [-0.25, -0.2) is 14.6 Å². The Morgan fingerprint density at radius 3 is 2.46 bits per heavy atom. The Morgan fingerprint density at radius 2 is 1.88 bits per heavy atom. The summed E-state index contributed by atoms with van der Waals surface area (Å²) < 4.78 is 17.2. The van der Waals surface area contributed by atoms with E-state index in [2.05, 4.69) is 33.0 Å². The monoisotopic (exact) mass is 466 g/mol. The summed E-state index contributed by atoms with van der Waals surface area (Å²) in [6.45, 7) is 3.60. The van der Waals surface area contributed by atoms with Gasteiger partial charge in [0.05, 0.1) is 16.9 Å². The molecule has 134 valence electrons. The van der Waals surface area contributed by atoms with E-state index < -0.39 is 11.7 Å². The van der Waals surface area contributed by atoms with Crippen LogP contribution < -0.4 is 10.8 Å². The number of hydrogen-bond donors (Lipinski definition) is 3. The fourth-order valence-electron chi connectivity index (χ4n) is 2.64. The van der Waals surface area contributed by atoms with E-state index in [1.54, 1.807) is 19.3 Å². The highest BCUT2D eigenvalue weighted by molar-refractivity contribution is 14.1. The van der Waals surface area contributed by atoms with Gasteiger partial charge < -0.3 is 5.32 Å². The minimum absolute atomic E-state index is 0.0926. The molecule has 0 saturated carbocycles. The molecule has 6 nitrogen and oxygen atoms in total. The van der Waals surface area contributed by atoms with Gasteiger partial charge in [0.15, 0.2) is 5.82 Å². The Morgan fingerprint density at radius 1 is 1.19 bits per heavy atom. The van der Waals surface area contributed by atoms with E-state index in [4.69, 9.17) is 5.21 Å². The fraction of sp³-hybridized carbons (Fsp3) is 0.111. The minimum atomic E-state index is -0.749. The largest absolute Gasteiger partial charge is 0.355 e. The van der Waals surface area contributed by atoms with Crippen molar-refractivity contribution in [3.8, 4) is 5.69 Å². The zero-order valence-corrected chi connectivity index (χ0v) is 16.2. The van der Waals surface area contributed by atoms with Crippen LogP contribution in [0.5, 0.6) is 0 Å². The van der Waals surface area contributed by atoms with E-state index in [-0.39, 0.29) is 16.9 Å². The molecule has 0 unspecified atom stereocenters. The molecule has 0 bridgehead atoms. The molecule has 0 radical (unpaired) electrons. The molecule has 0 saturated heterocycles. The lowest BCUT2D eigenvalue weighted by molar-refractivity contribution is 0.0707. The number of aromatic nitrogens is 2. The highest BCUT2D eigenvalue weighted by atomic mass is 127. The van der Waals surface area contributed by atoms with Crippen LogP contribution in [0.15, 0.2) is 42.5 Å². The third-order valence-electron chi connectivity index (χ3n) is 3.79. The fourth-order valence-corrected chi connectivity index (χ4v) is 3.00. The molecule has 0 atom stereocenters. The average Bonchev–Trinajstić information content (AvgIpc) is 2.94. The molecule has 3 aromatic rings. The van der Waals surface area contributed by atoms with Gasteiger partial charge in [-0.15, -0.1) is 0 Å². The second kappa shape index (κ2) is 7.42. The predicted octanol–water partition coefficient (Wildman–Crippen LogP) is 4.10. The molecule has 3 N–H and O–H groups in total. The standard InChI is InChI=1S/C18H16FIN4O2/c1-10-7-11(2)24(22-10)17-8-14(18(25)23-26)16(9-15(17)19)21-13-5-3-12(20)4-6-13/h3-9,21,26H,1-2H3,(H,23,25). The molecule has 0 fully saturated rings. The molecule has 0 aliphatic heterocycles. The number of aryl methyl sites for hydroxylation is 2. The first-order valence-electron chi connectivity index (χ1n) is 7.73. The number of rotatable bonds is 4.